The largest absolute Gasteiger partial charge is 0.310 e. The zero-order valence-electron chi connectivity index (χ0n) is 26.4. The second kappa shape index (κ2) is 11.5. The quantitative estimate of drug-likeness (QED) is 0.186. The van der Waals surface area contributed by atoms with E-state index in [0.717, 1.165) is 29.9 Å². The second-order valence-corrected chi connectivity index (χ2v) is 12.9. The van der Waals surface area contributed by atoms with Crippen LogP contribution >= 0.6 is 0 Å². The van der Waals surface area contributed by atoms with E-state index in [2.05, 4.69) is 183 Å². The van der Waals surface area contributed by atoms with E-state index in [1.165, 1.54) is 55.7 Å². The Labute approximate surface area is 272 Å². The molecule has 6 aromatic rings. The highest BCUT2D eigenvalue weighted by atomic mass is 15.1. The van der Waals surface area contributed by atoms with Gasteiger partial charge in [0.1, 0.15) is 0 Å². The average Bonchev–Trinajstić information content (AvgIpc) is 3.36. The molecule has 0 aliphatic heterocycles. The van der Waals surface area contributed by atoms with Gasteiger partial charge in [0.05, 0.1) is 5.69 Å². The average molecular weight is 592 g/mol. The number of hydrogen-bond acceptors (Lipinski definition) is 1. The maximum absolute atomic E-state index is 2.48. The number of hydrogen-bond donors (Lipinski definition) is 0. The van der Waals surface area contributed by atoms with Crippen molar-refractivity contribution >= 4 is 22.6 Å². The van der Waals surface area contributed by atoms with Crippen LogP contribution in [0.3, 0.4) is 0 Å². The topological polar surface area (TPSA) is 3.24 Å². The Morgan fingerprint density at radius 3 is 1.65 bits per heavy atom. The van der Waals surface area contributed by atoms with E-state index in [9.17, 15) is 0 Å². The number of para-hydroxylation sites is 1. The Kier molecular flexibility index (Phi) is 7.03. The van der Waals surface area contributed by atoms with Crippen molar-refractivity contribution in [2.75, 3.05) is 4.90 Å². The molecule has 1 nitrogen and oxygen atoms in total. The second-order valence-electron chi connectivity index (χ2n) is 12.9. The fourth-order valence-electron chi connectivity index (χ4n) is 7.54. The minimum atomic E-state index is -0.0740. The summed E-state index contributed by atoms with van der Waals surface area (Å²) >= 11 is 0. The molecule has 6 aromatic carbocycles. The van der Waals surface area contributed by atoms with Gasteiger partial charge in [-0.1, -0.05) is 141 Å². The molecule has 0 aromatic heterocycles. The standard InChI is InChI=1S/C45H37N/c1-45(2)42-26-16-15-25-38(42)41-31-37(30-40(44(41)45)34-21-11-5-12-22-34)46(36-23-13-6-14-24-36)43-28-27-35(32-17-7-3-8-18-32)29-39(43)33-19-9-4-10-20-33/h3-14,17-31H,15-16H2,1-2H3. The fourth-order valence-corrected chi connectivity index (χ4v) is 7.54. The normalized spacial score (nSPS) is 14.6. The highest BCUT2D eigenvalue weighted by molar-refractivity contribution is 5.98. The Morgan fingerprint density at radius 1 is 0.457 bits per heavy atom. The number of rotatable bonds is 6. The molecular weight excluding hydrogens is 555 g/mol. The van der Waals surface area contributed by atoms with E-state index in [1.807, 2.05) is 0 Å². The van der Waals surface area contributed by atoms with Crippen LogP contribution in [-0.4, -0.2) is 0 Å². The van der Waals surface area contributed by atoms with Crippen LogP contribution in [0.1, 0.15) is 37.8 Å². The van der Waals surface area contributed by atoms with Gasteiger partial charge in [0.15, 0.2) is 0 Å². The predicted molar refractivity (Wildman–Crippen MR) is 196 cm³/mol. The smallest absolute Gasteiger partial charge is 0.0540 e. The van der Waals surface area contributed by atoms with Crippen LogP contribution in [0.25, 0.3) is 39.0 Å². The summed E-state index contributed by atoms with van der Waals surface area (Å²) in [6, 6.07) is 55.1. The first-order chi connectivity index (χ1) is 22.6. The molecule has 0 bridgehead atoms. The third kappa shape index (κ3) is 4.80. The first-order valence-electron chi connectivity index (χ1n) is 16.4. The van der Waals surface area contributed by atoms with Crippen LogP contribution in [-0.2, 0) is 5.41 Å². The van der Waals surface area contributed by atoms with Crippen molar-refractivity contribution in [1.29, 1.82) is 0 Å². The van der Waals surface area contributed by atoms with Gasteiger partial charge in [-0.05, 0) is 99.3 Å². The van der Waals surface area contributed by atoms with E-state index in [4.69, 9.17) is 0 Å². The zero-order valence-corrected chi connectivity index (χ0v) is 26.4. The Bertz CT molecular complexity index is 2090. The van der Waals surface area contributed by atoms with Crippen molar-refractivity contribution < 1.29 is 0 Å². The van der Waals surface area contributed by atoms with Crippen molar-refractivity contribution in [1.82, 2.24) is 0 Å². The van der Waals surface area contributed by atoms with E-state index >= 15 is 0 Å². The van der Waals surface area contributed by atoms with Crippen LogP contribution < -0.4 is 4.90 Å². The van der Waals surface area contributed by atoms with Crippen molar-refractivity contribution in [3.8, 4) is 33.4 Å². The van der Waals surface area contributed by atoms with Gasteiger partial charge < -0.3 is 4.90 Å². The lowest BCUT2D eigenvalue weighted by Crippen LogP contribution is -2.18. The maximum Gasteiger partial charge on any atom is 0.0540 e. The van der Waals surface area contributed by atoms with Gasteiger partial charge in [-0.2, -0.15) is 0 Å². The third-order valence-corrected chi connectivity index (χ3v) is 9.65. The van der Waals surface area contributed by atoms with Crippen LogP contribution in [0.5, 0.6) is 0 Å². The molecule has 0 saturated heterocycles. The van der Waals surface area contributed by atoms with Gasteiger partial charge in [-0.25, -0.2) is 0 Å². The maximum atomic E-state index is 2.48. The summed E-state index contributed by atoms with van der Waals surface area (Å²) in [5.41, 5.74) is 16.4. The summed E-state index contributed by atoms with van der Waals surface area (Å²) in [5, 5.41) is 0. The predicted octanol–water partition coefficient (Wildman–Crippen LogP) is 12.6. The van der Waals surface area contributed by atoms with Crippen molar-refractivity contribution in [2.45, 2.75) is 32.1 Å². The minimum absolute atomic E-state index is 0.0740. The van der Waals surface area contributed by atoms with Crippen LogP contribution in [0.15, 0.2) is 169 Å². The molecule has 222 valence electrons. The van der Waals surface area contributed by atoms with E-state index in [0.29, 0.717) is 0 Å². The lowest BCUT2D eigenvalue weighted by atomic mass is 9.77. The number of fused-ring (bicyclic) bond motifs is 3. The van der Waals surface area contributed by atoms with Gasteiger partial charge in [-0.15, -0.1) is 0 Å². The summed E-state index contributed by atoms with van der Waals surface area (Å²) in [7, 11) is 0. The molecule has 0 amide bonds. The van der Waals surface area contributed by atoms with Gasteiger partial charge in [0.2, 0.25) is 0 Å². The summed E-state index contributed by atoms with van der Waals surface area (Å²) in [5.74, 6) is 0. The van der Waals surface area contributed by atoms with Gasteiger partial charge in [-0.3, -0.25) is 0 Å². The number of anilines is 3. The Morgan fingerprint density at radius 2 is 1.00 bits per heavy atom. The van der Waals surface area contributed by atoms with E-state index < -0.39 is 0 Å². The molecule has 0 unspecified atom stereocenters. The summed E-state index contributed by atoms with van der Waals surface area (Å²) in [6.07, 6.45) is 7.14. The van der Waals surface area contributed by atoms with Crippen molar-refractivity contribution in [3.05, 3.63) is 181 Å². The van der Waals surface area contributed by atoms with Crippen LogP contribution in [0.2, 0.25) is 0 Å². The lowest BCUT2D eigenvalue weighted by molar-refractivity contribution is 0.656. The Balaban J connectivity index is 1.42. The molecule has 0 N–H and O–H groups in total. The molecule has 2 aliphatic rings. The zero-order chi connectivity index (χ0) is 31.1. The van der Waals surface area contributed by atoms with Crippen molar-refractivity contribution in [2.24, 2.45) is 0 Å². The monoisotopic (exact) mass is 591 g/mol. The SMILES string of the molecule is CC1(C)C2=CCCC=C2c2cc(N(c3ccccc3)c3ccc(-c4ccccc4)cc3-c3ccccc3)cc(-c3ccccc3)c21. The minimum Gasteiger partial charge on any atom is -0.310 e. The molecule has 0 atom stereocenters. The molecule has 2 aliphatic carbocycles. The van der Waals surface area contributed by atoms with Gasteiger partial charge in [0, 0.05) is 22.4 Å². The molecule has 1 heteroatoms. The fraction of sp³-hybridized carbons (Fsp3) is 0.111. The highest BCUT2D eigenvalue weighted by Gasteiger charge is 2.41. The van der Waals surface area contributed by atoms with E-state index in [1.54, 1.807) is 0 Å². The number of allylic oxidation sites excluding steroid dienone is 4. The molecule has 0 saturated carbocycles. The van der Waals surface area contributed by atoms with Crippen LogP contribution in [0.4, 0.5) is 17.1 Å². The number of nitrogens with zero attached hydrogens (tertiary/aromatic N) is 1. The molecule has 8 rings (SSSR count). The summed E-state index contributed by atoms with van der Waals surface area (Å²) in [6.45, 7) is 4.81. The molecule has 0 spiro atoms. The first-order valence-corrected chi connectivity index (χ1v) is 16.4. The van der Waals surface area contributed by atoms with Gasteiger partial charge in [0.25, 0.3) is 0 Å². The first kappa shape index (κ1) is 28.1. The Hall–Kier alpha value is -5.40. The molecule has 0 fully saturated rings. The van der Waals surface area contributed by atoms with Crippen molar-refractivity contribution in [3.63, 3.8) is 0 Å². The molecule has 0 radical (unpaired) electrons. The van der Waals surface area contributed by atoms with Gasteiger partial charge >= 0.3 is 0 Å². The molecule has 46 heavy (non-hydrogen) atoms. The number of benzene rings is 6. The summed E-state index contributed by atoms with van der Waals surface area (Å²) in [4.78, 5) is 2.46. The van der Waals surface area contributed by atoms with E-state index in [-0.39, 0.29) is 5.41 Å². The third-order valence-electron chi connectivity index (χ3n) is 9.65. The summed E-state index contributed by atoms with van der Waals surface area (Å²) < 4.78 is 0. The lowest BCUT2D eigenvalue weighted by Gasteiger charge is -2.31. The van der Waals surface area contributed by atoms with Crippen LogP contribution in [0, 0.1) is 0 Å². The molecular formula is C45H37N. The highest BCUT2D eigenvalue weighted by Crippen LogP contribution is 2.56. The molecule has 0 heterocycles.